The highest BCUT2D eigenvalue weighted by Crippen LogP contribution is 2.46. The maximum Gasteiger partial charge on any atom is 0.313 e. The molecule has 2 aliphatic heterocycles. The number of halogens is 1. The van der Waals surface area contributed by atoms with Crippen LogP contribution in [-0.2, 0) is 14.3 Å². The molecule has 0 radical (unpaired) electrons. The number of benzene rings is 1. The van der Waals surface area contributed by atoms with Crippen LogP contribution in [0.5, 0.6) is 5.75 Å². The van der Waals surface area contributed by atoms with Crippen LogP contribution in [0.3, 0.4) is 0 Å². The predicted octanol–water partition coefficient (Wildman–Crippen LogP) is 3.43. The Bertz CT molecular complexity index is 596. The van der Waals surface area contributed by atoms with E-state index in [1.807, 2.05) is 18.2 Å². The van der Waals surface area contributed by atoms with Gasteiger partial charge < -0.3 is 14.2 Å². The number of hydrogen-bond donors (Lipinski definition) is 0. The molecule has 0 N–H and O–H groups in total. The standard InChI is InChI=1S/C17H19BrO4/c18-11-1-2-15-14(7-11)13(4-6-21-15)16(19)22-12-3-5-17(8-12)9-20-10-17/h1-2,7,12-13H,3-6,8-10H2. The van der Waals surface area contributed by atoms with E-state index in [0.29, 0.717) is 18.4 Å². The van der Waals surface area contributed by atoms with E-state index in [9.17, 15) is 4.79 Å². The van der Waals surface area contributed by atoms with Crippen LogP contribution in [0.2, 0.25) is 0 Å². The molecular weight excluding hydrogens is 348 g/mol. The van der Waals surface area contributed by atoms with Gasteiger partial charge in [0.2, 0.25) is 0 Å². The average Bonchev–Trinajstić information content (AvgIpc) is 2.91. The van der Waals surface area contributed by atoms with Gasteiger partial charge in [0.1, 0.15) is 11.9 Å². The topological polar surface area (TPSA) is 44.8 Å². The number of esters is 1. The molecule has 4 nitrogen and oxygen atoms in total. The molecule has 1 aromatic carbocycles. The van der Waals surface area contributed by atoms with Crippen LogP contribution in [0.15, 0.2) is 22.7 Å². The summed E-state index contributed by atoms with van der Waals surface area (Å²) < 4.78 is 17.7. The lowest BCUT2D eigenvalue weighted by atomic mass is 9.84. The highest BCUT2D eigenvalue weighted by molar-refractivity contribution is 9.10. The second-order valence-corrected chi connectivity index (χ2v) is 7.58. The number of hydrogen-bond acceptors (Lipinski definition) is 4. The molecule has 118 valence electrons. The molecule has 22 heavy (non-hydrogen) atoms. The summed E-state index contributed by atoms with van der Waals surface area (Å²) in [4.78, 5) is 12.6. The van der Waals surface area contributed by atoms with Crippen LogP contribution in [0.4, 0.5) is 0 Å². The van der Waals surface area contributed by atoms with Crippen molar-refractivity contribution < 1.29 is 19.0 Å². The van der Waals surface area contributed by atoms with E-state index in [4.69, 9.17) is 14.2 Å². The first-order valence-corrected chi connectivity index (χ1v) is 8.65. The SMILES string of the molecule is O=C(OC1CCC2(COC2)C1)C1CCOc2ccc(Br)cc21. The van der Waals surface area contributed by atoms with Gasteiger partial charge >= 0.3 is 5.97 Å². The predicted molar refractivity (Wildman–Crippen MR) is 84.0 cm³/mol. The Morgan fingerprint density at radius 2 is 2.18 bits per heavy atom. The number of ether oxygens (including phenoxy) is 3. The maximum atomic E-state index is 12.6. The molecule has 1 saturated carbocycles. The van der Waals surface area contributed by atoms with Crippen molar-refractivity contribution in [1.29, 1.82) is 0 Å². The third-order valence-electron chi connectivity index (χ3n) is 5.05. The van der Waals surface area contributed by atoms with Gasteiger partial charge in [-0.15, -0.1) is 0 Å². The van der Waals surface area contributed by atoms with Gasteiger partial charge in [0.15, 0.2) is 0 Å². The highest BCUT2D eigenvalue weighted by Gasteiger charge is 2.46. The molecule has 5 heteroatoms. The van der Waals surface area contributed by atoms with Crippen molar-refractivity contribution in [3.05, 3.63) is 28.2 Å². The zero-order chi connectivity index (χ0) is 15.2. The van der Waals surface area contributed by atoms with Gasteiger partial charge in [-0.25, -0.2) is 0 Å². The molecule has 3 aliphatic rings. The van der Waals surface area contributed by atoms with E-state index >= 15 is 0 Å². The zero-order valence-corrected chi connectivity index (χ0v) is 13.9. The highest BCUT2D eigenvalue weighted by atomic mass is 79.9. The molecule has 0 amide bonds. The van der Waals surface area contributed by atoms with Crippen molar-refractivity contribution in [2.75, 3.05) is 19.8 Å². The second-order valence-electron chi connectivity index (χ2n) is 6.67. The van der Waals surface area contributed by atoms with Crippen LogP contribution in [0, 0.1) is 5.41 Å². The number of carbonyl (C=O) groups excluding carboxylic acids is 1. The van der Waals surface area contributed by atoms with Crippen molar-refractivity contribution in [2.45, 2.75) is 37.7 Å². The van der Waals surface area contributed by atoms with Gasteiger partial charge in [-0.3, -0.25) is 4.79 Å². The Morgan fingerprint density at radius 3 is 2.91 bits per heavy atom. The van der Waals surface area contributed by atoms with Gasteiger partial charge in [-0.05, 0) is 43.9 Å². The quantitative estimate of drug-likeness (QED) is 0.752. The lowest BCUT2D eigenvalue weighted by Gasteiger charge is -2.37. The summed E-state index contributed by atoms with van der Waals surface area (Å²) in [5.74, 6) is 0.479. The van der Waals surface area contributed by atoms with Crippen molar-refractivity contribution in [2.24, 2.45) is 5.41 Å². The van der Waals surface area contributed by atoms with Gasteiger partial charge in [-0.1, -0.05) is 15.9 Å². The minimum absolute atomic E-state index is 0.0508. The van der Waals surface area contributed by atoms with E-state index in [0.717, 1.165) is 48.3 Å². The fraction of sp³-hybridized carbons (Fsp3) is 0.588. The lowest BCUT2D eigenvalue weighted by Crippen LogP contribution is -2.40. The van der Waals surface area contributed by atoms with E-state index in [1.165, 1.54) is 0 Å². The molecule has 4 rings (SSSR count). The van der Waals surface area contributed by atoms with Crippen molar-refractivity contribution in [3.8, 4) is 5.75 Å². The van der Waals surface area contributed by atoms with Crippen LogP contribution in [0.1, 0.15) is 37.2 Å². The first-order chi connectivity index (χ1) is 10.7. The van der Waals surface area contributed by atoms with Crippen LogP contribution in [-0.4, -0.2) is 31.9 Å². The Balaban J connectivity index is 1.46. The normalized spacial score (nSPS) is 28.6. The molecule has 1 spiro atoms. The number of rotatable bonds is 2. The van der Waals surface area contributed by atoms with E-state index in [1.54, 1.807) is 0 Å². The van der Waals surface area contributed by atoms with Crippen LogP contribution >= 0.6 is 15.9 Å². The Morgan fingerprint density at radius 1 is 1.32 bits per heavy atom. The molecule has 1 saturated heterocycles. The molecule has 2 unspecified atom stereocenters. The molecular formula is C17H19BrO4. The molecule has 0 bridgehead atoms. The fourth-order valence-corrected chi connectivity index (χ4v) is 4.14. The fourth-order valence-electron chi connectivity index (χ4n) is 3.76. The summed E-state index contributed by atoms with van der Waals surface area (Å²) in [6, 6.07) is 5.81. The summed E-state index contributed by atoms with van der Waals surface area (Å²) in [5.41, 5.74) is 1.23. The third-order valence-corrected chi connectivity index (χ3v) is 5.55. The lowest BCUT2D eigenvalue weighted by molar-refractivity contribution is -0.154. The zero-order valence-electron chi connectivity index (χ0n) is 12.3. The first-order valence-electron chi connectivity index (χ1n) is 7.86. The van der Waals surface area contributed by atoms with E-state index in [2.05, 4.69) is 15.9 Å². The van der Waals surface area contributed by atoms with Crippen molar-refractivity contribution >= 4 is 21.9 Å². The van der Waals surface area contributed by atoms with E-state index < -0.39 is 0 Å². The summed E-state index contributed by atoms with van der Waals surface area (Å²) in [7, 11) is 0. The largest absolute Gasteiger partial charge is 0.493 e. The number of fused-ring (bicyclic) bond motifs is 1. The third kappa shape index (κ3) is 2.54. The summed E-state index contributed by atoms with van der Waals surface area (Å²) in [6.07, 6.45) is 3.76. The van der Waals surface area contributed by atoms with Gasteiger partial charge in [0, 0.05) is 15.5 Å². The van der Waals surface area contributed by atoms with Gasteiger partial charge in [0.05, 0.1) is 25.7 Å². The van der Waals surface area contributed by atoms with Crippen LogP contribution < -0.4 is 4.74 Å². The molecule has 2 heterocycles. The van der Waals surface area contributed by atoms with Crippen LogP contribution in [0.25, 0.3) is 0 Å². The monoisotopic (exact) mass is 366 g/mol. The Labute approximate surface area is 138 Å². The molecule has 2 atom stereocenters. The minimum atomic E-state index is -0.213. The Hall–Kier alpha value is -1.07. The molecule has 2 fully saturated rings. The summed E-state index contributed by atoms with van der Waals surface area (Å²) in [5, 5.41) is 0. The first kappa shape index (κ1) is 14.5. The van der Waals surface area contributed by atoms with Crippen molar-refractivity contribution in [1.82, 2.24) is 0 Å². The maximum absolute atomic E-state index is 12.6. The molecule has 1 aliphatic carbocycles. The molecule has 1 aromatic rings. The molecule has 0 aromatic heterocycles. The second kappa shape index (κ2) is 5.53. The van der Waals surface area contributed by atoms with E-state index in [-0.39, 0.29) is 18.0 Å². The minimum Gasteiger partial charge on any atom is -0.493 e. The summed E-state index contributed by atoms with van der Waals surface area (Å²) >= 11 is 3.47. The summed E-state index contributed by atoms with van der Waals surface area (Å²) in [6.45, 7) is 2.22. The average molecular weight is 367 g/mol. The van der Waals surface area contributed by atoms with Gasteiger partial charge in [-0.2, -0.15) is 0 Å². The Kier molecular flexibility index (Phi) is 3.65. The van der Waals surface area contributed by atoms with Crippen molar-refractivity contribution in [3.63, 3.8) is 0 Å². The smallest absolute Gasteiger partial charge is 0.313 e. The van der Waals surface area contributed by atoms with Gasteiger partial charge in [0.25, 0.3) is 0 Å². The number of carbonyl (C=O) groups is 1.